The quantitative estimate of drug-likeness (QED) is 0.0615. The highest BCUT2D eigenvalue weighted by Crippen LogP contribution is 2.75. The molecule has 16 N–H and O–H groups in total. The molecule has 4 heterocycles. The maximum atomic E-state index is 12.7. The topological polar surface area (TPSA) is 398 Å². The van der Waals surface area contributed by atoms with Crippen molar-refractivity contribution in [2.24, 2.45) is 45.3 Å². The van der Waals surface area contributed by atoms with E-state index in [4.69, 9.17) is 37.9 Å². The molecule has 0 amide bonds. The standard InChI is InChI=1S/C55H94O24/c1-23(24-15-17-53(6)31-12-10-25-26(55(31,8)32(60)19-54(24,53)7)11-14-33(51(25,2)3)76-47-42(68)38(64)35(61)27(72-47)16-18-56)9-13-34(52(4,5)71)77-50-46(40(66)37(63)29(21-58)74-50)79-49-44(70)41(67)45(30(22-59)75-49)78-48-43(69)39(65)36(62)28(20-57)73-48/h10,23-24,26-50,56-71H,9,11-22H2,1-8H3/t23-,24?,26?,27-,28-,29-,30-,31?,32-,33+,34-,35-,36-,37-,38+,39+,40+,41-,42-,43-,44-,45-,46-,47+,48-,49+,50+,53+,54-,55+/m1/s1. The van der Waals surface area contributed by atoms with Gasteiger partial charge < -0.3 is 120 Å². The van der Waals surface area contributed by atoms with E-state index < -0.39 is 177 Å². The average molecular weight is 1140 g/mol. The summed E-state index contributed by atoms with van der Waals surface area (Å²) in [5, 5.41) is 173. The van der Waals surface area contributed by atoms with Crippen molar-refractivity contribution in [1.29, 1.82) is 0 Å². The number of rotatable bonds is 18. The second kappa shape index (κ2) is 24.3. The summed E-state index contributed by atoms with van der Waals surface area (Å²) in [4.78, 5) is 0. The minimum atomic E-state index is -2.02. The van der Waals surface area contributed by atoms with E-state index in [2.05, 4.69) is 47.6 Å². The van der Waals surface area contributed by atoms with Gasteiger partial charge in [-0.2, -0.15) is 0 Å². The molecule has 0 spiro atoms. The lowest BCUT2D eigenvalue weighted by Crippen LogP contribution is -2.67. The van der Waals surface area contributed by atoms with Gasteiger partial charge in [0.05, 0.1) is 49.8 Å². The second-order valence-corrected chi connectivity index (χ2v) is 26.2. The highest BCUT2D eigenvalue weighted by Gasteiger charge is 2.70. The molecule has 24 heteroatoms. The van der Waals surface area contributed by atoms with E-state index in [-0.39, 0.29) is 54.0 Å². The fraction of sp³-hybridized carbons (Fsp3) is 0.964. The third-order valence-corrected chi connectivity index (χ3v) is 21.0. The first kappa shape index (κ1) is 63.8. The van der Waals surface area contributed by atoms with E-state index in [0.29, 0.717) is 25.7 Å². The summed E-state index contributed by atoms with van der Waals surface area (Å²) in [7, 11) is 0. The van der Waals surface area contributed by atoms with Crippen LogP contribution in [0.2, 0.25) is 0 Å². The highest BCUT2D eigenvalue weighted by molar-refractivity contribution is 5.32. The predicted molar refractivity (Wildman–Crippen MR) is 272 cm³/mol. The van der Waals surface area contributed by atoms with Crippen molar-refractivity contribution in [3.63, 3.8) is 0 Å². The molecule has 30 atom stereocenters. The second-order valence-electron chi connectivity index (χ2n) is 26.2. The van der Waals surface area contributed by atoms with Gasteiger partial charge in [-0.3, -0.25) is 0 Å². The molecule has 8 aliphatic rings. The van der Waals surface area contributed by atoms with Gasteiger partial charge in [-0.25, -0.2) is 0 Å². The van der Waals surface area contributed by atoms with Crippen molar-refractivity contribution in [3.05, 3.63) is 11.6 Å². The number of allylic oxidation sites excluding steroid dienone is 1. The molecule has 24 nitrogen and oxygen atoms in total. The summed E-state index contributed by atoms with van der Waals surface area (Å²) in [6.07, 6.45) is -27.2. The van der Waals surface area contributed by atoms with Crippen LogP contribution in [0.4, 0.5) is 0 Å². The first-order valence-electron chi connectivity index (χ1n) is 28.5. The van der Waals surface area contributed by atoms with Gasteiger partial charge in [-0.05, 0) is 106 Å². The van der Waals surface area contributed by atoms with Gasteiger partial charge in [0.15, 0.2) is 25.2 Å². The van der Waals surface area contributed by atoms with E-state index in [1.165, 1.54) is 19.4 Å². The van der Waals surface area contributed by atoms with Crippen LogP contribution in [0.3, 0.4) is 0 Å². The summed E-state index contributed by atoms with van der Waals surface area (Å²) in [5.41, 5.74) is -1.94. The summed E-state index contributed by atoms with van der Waals surface area (Å²) in [5.74, 6) is 0.306. The Morgan fingerprint density at radius 1 is 0.582 bits per heavy atom. The zero-order chi connectivity index (χ0) is 58.2. The van der Waals surface area contributed by atoms with Crippen LogP contribution in [0.5, 0.6) is 0 Å². The molecule has 0 radical (unpaired) electrons. The molecule has 7 fully saturated rings. The SMILES string of the molecule is C[C@H](CC[C@@H](O[C@@H]1O[C@H](CO)[C@@H](O)[C@H](O)[C@H]1O[C@@H]1O[C@H](CO)[C@@H](O[C@H]2O[C@H](CO)[C@@H](O)[C@H](O)[C@H]2O)[C@H](O)[C@H]1O)C(C)(C)O)C1CC[C@@]2(C)C3CC=C4C(CC[C@H](O[C@@H]5O[C@H](CCO)[C@@H](O)[C@H](O)[C@H]5O)C4(C)C)[C@]3(C)[C@H](O)C[C@]12C. The Labute approximate surface area is 461 Å². The lowest BCUT2D eigenvalue weighted by atomic mass is 9.38. The number of aliphatic hydroxyl groups excluding tert-OH is 15. The molecule has 4 aliphatic heterocycles. The van der Waals surface area contributed by atoms with Gasteiger partial charge in [0.25, 0.3) is 0 Å². The maximum absolute atomic E-state index is 12.7. The first-order valence-corrected chi connectivity index (χ1v) is 28.5. The van der Waals surface area contributed by atoms with Crippen molar-refractivity contribution in [2.45, 2.75) is 260 Å². The number of ether oxygens (including phenoxy) is 8. The van der Waals surface area contributed by atoms with E-state index in [1.807, 2.05) is 0 Å². The van der Waals surface area contributed by atoms with Gasteiger partial charge in [0.1, 0.15) is 91.6 Å². The van der Waals surface area contributed by atoms with E-state index in [1.54, 1.807) is 0 Å². The third-order valence-electron chi connectivity index (χ3n) is 21.0. The van der Waals surface area contributed by atoms with Crippen molar-refractivity contribution >= 4 is 0 Å². The highest BCUT2D eigenvalue weighted by atomic mass is 16.8. The molecule has 4 saturated heterocycles. The molecule has 0 aromatic carbocycles. The summed E-state index contributed by atoms with van der Waals surface area (Å²) >= 11 is 0. The third kappa shape index (κ3) is 11.3. The Morgan fingerprint density at radius 3 is 1.67 bits per heavy atom. The molecule has 3 unspecified atom stereocenters. The first-order chi connectivity index (χ1) is 37.0. The van der Waals surface area contributed by atoms with Crippen molar-refractivity contribution < 1.29 is 120 Å². The Kier molecular flexibility index (Phi) is 19.6. The Bertz CT molecular complexity index is 2040. The van der Waals surface area contributed by atoms with Crippen LogP contribution in [-0.2, 0) is 37.9 Å². The lowest BCUT2D eigenvalue weighted by Gasteiger charge is -2.67. The monoisotopic (exact) mass is 1140 g/mol. The van der Waals surface area contributed by atoms with E-state index >= 15 is 0 Å². The normalized spacial score (nSPS) is 50.9. The fourth-order valence-corrected chi connectivity index (χ4v) is 15.9. The number of fused-ring (bicyclic) bond motifs is 5. The minimum absolute atomic E-state index is 0.0235. The van der Waals surface area contributed by atoms with Crippen LogP contribution in [0.25, 0.3) is 0 Å². The Hall–Kier alpha value is -1.22. The lowest BCUT2D eigenvalue weighted by molar-refractivity contribution is -0.389. The van der Waals surface area contributed by atoms with Gasteiger partial charge in [0.2, 0.25) is 0 Å². The van der Waals surface area contributed by atoms with Gasteiger partial charge in [0, 0.05) is 17.4 Å². The average Bonchev–Trinajstić information content (AvgIpc) is 2.82. The molecule has 4 aliphatic carbocycles. The van der Waals surface area contributed by atoms with Gasteiger partial charge >= 0.3 is 0 Å². The molecule has 0 aromatic heterocycles. The number of hydrogen-bond acceptors (Lipinski definition) is 24. The predicted octanol–water partition coefficient (Wildman–Crippen LogP) is -2.84. The van der Waals surface area contributed by atoms with Crippen LogP contribution in [-0.4, -0.2) is 255 Å². The van der Waals surface area contributed by atoms with E-state index in [9.17, 15) is 81.7 Å². The van der Waals surface area contributed by atoms with Crippen LogP contribution in [0.1, 0.15) is 113 Å². The summed E-state index contributed by atoms with van der Waals surface area (Å²) < 4.78 is 47.9. The van der Waals surface area contributed by atoms with Gasteiger partial charge in [-0.15, -0.1) is 0 Å². The fourth-order valence-electron chi connectivity index (χ4n) is 15.9. The molecule has 0 aromatic rings. The van der Waals surface area contributed by atoms with E-state index in [0.717, 1.165) is 19.3 Å². The minimum Gasteiger partial charge on any atom is -0.396 e. The zero-order valence-corrected chi connectivity index (χ0v) is 46.8. The molecular weight excluding hydrogens is 1040 g/mol. The summed E-state index contributed by atoms with van der Waals surface area (Å²) in [6, 6.07) is 0. The van der Waals surface area contributed by atoms with Gasteiger partial charge in [-0.1, -0.05) is 53.2 Å². The van der Waals surface area contributed by atoms with Crippen LogP contribution < -0.4 is 0 Å². The van der Waals surface area contributed by atoms with Crippen molar-refractivity contribution in [3.8, 4) is 0 Å². The molecule has 79 heavy (non-hydrogen) atoms. The molecule has 8 rings (SSSR count). The van der Waals surface area contributed by atoms with Crippen molar-refractivity contribution in [2.75, 3.05) is 26.4 Å². The molecule has 3 saturated carbocycles. The zero-order valence-electron chi connectivity index (χ0n) is 46.8. The van der Waals surface area contributed by atoms with Crippen LogP contribution in [0, 0.1) is 45.3 Å². The Balaban J connectivity index is 0.949. The smallest absolute Gasteiger partial charge is 0.187 e. The summed E-state index contributed by atoms with van der Waals surface area (Å²) in [6.45, 7) is 13.7. The number of hydrogen-bond donors (Lipinski definition) is 16. The van der Waals surface area contributed by atoms with Crippen LogP contribution in [0.15, 0.2) is 11.6 Å². The number of aliphatic hydroxyl groups is 16. The van der Waals surface area contributed by atoms with Crippen LogP contribution >= 0.6 is 0 Å². The molecule has 458 valence electrons. The molecule has 0 bridgehead atoms. The largest absolute Gasteiger partial charge is 0.396 e. The van der Waals surface area contributed by atoms with Crippen molar-refractivity contribution in [1.82, 2.24) is 0 Å². The maximum Gasteiger partial charge on any atom is 0.187 e. The molecular formula is C55H94O24. The Morgan fingerprint density at radius 2 is 1.09 bits per heavy atom.